The highest BCUT2D eigenvalue weighted by atomic mass is 16.5. The molecule has 1 saturated heterocycles. The Morgan fingerprint density at radius 2 is 2.04 bits per heavy atom. The summed E-state index contributed by atoms with van der Waals surface area (Å²) in [4.78, 5) is 14.1. The Kier molecular flexibility index (Phi) is 4.90. The monoisotopic (exact) mass is 377 g/mol. The van der Waals surface area contributed by atoms with Crippen LogP contribution in [0.25, 0.3) is 11.0 Å². The standard InChI is InChI=1S/C21H23N5O2/c1-21(2,27)7-5-15-3-4-18(26-9-11-28-12-10-26)17(13-15)25-20-16-6-8-22-19(16)23-14-24-20/h3-4,6,8,13-14,27H,9-12H2,1-2H3,(H2,22,23,24,25). The first-order valence-electron chi connectivity index (χ1n) is 9.27. The van der Waals surface area contributed by atoms with Crippen LogP contribution in [0.3, 0.4) is 0 Å². The topological polar surface area (TPSA) is 86.3 Å². The molecule has 0 spiro atoms. The van der Waals surface area contributed by atoms with Crippen LogP contribution in [0.1, 0.15) is 19.4 Å². The Morgan fingerprint density at radius 1 is 1.21 bits per heavy atom. The first-order valence-corrected chi connectivity index (χ1v) is 9.27. The van der Waals surface area contributed by atoms with Crippen LogP contribution in [0.2, 0.25) is 0 Å². The van der Waals surface area contributed by atoms with Crippen molar-refractivity contribution in [3.8, 4) is 11.8 Å². The quantitative estimate of drug-likeness (QED) is 0.609. The average molecular weight is 377 g/mol. The molecule has 0 saturated carbocycles. The van der Waals surface area contributed by atoms with Crippen molar-refractivity contribution < 1.29 is 9.84 Å². The number of hydrogen-bond acceptors (Lipinski definition) is 6. The number of nitrogens with one attached hydrogen (secondary N) is 2. The molecule has 1 aromatic carbocycles. The lowest BCUT2D eigenvalue weighted by atomic mass is 10.1. The number of hydrogen-bond donors (Lipinski definition) is 3. The minimum atomic E-state index is -1.04. The number of rotatable bonds is 3. The van der Waals surface area contributed by atoms with E-state index in [0.717, 1.165) is 46.9 Å². The van der Waals surface area contributed by atoms with E-state index in [2.05, 4.69) is 43.1 Å². The van der Waals surface area contributed by atoms with Crippen LogP contribution in [0, 0.1) is 11.8 Å². The van der Waals surface area contributed by atoms with E-state index in [0.29, 0.717) is 13.2 Å². The zero-order valence-corrected chi connectivity index (χ0v) is 16.0. The molecular weight excluding hydrogens is 354 g/mol. The lowest BCUT2D eigenvalue weighted by Gasteiger charge is -2.30. The van der Waals surface area contributed by atoms with Gasteiger partial charge in [-0.25, -0.2) is 9.97 Å². The molecule has 4 rings (SSSR count). The molecule has 7 heteroatoms. The molecule has 1 fully saturated rings. The third kappa shape index (κ3) is 4.09. The van der Waals surface area contributed by atoms with Crippen molar-refractivity contribution in [3.63, 3.8) is 0 Å². The Bertz CT molecular complexity index is 1040. The van der Waals surface area contributed by atoms with Crippen LogP contribution < -0.4 is 10.2 Å². The second-order valence-electron chi connectivity index (χ2n) is 7.23. The van der Waals surface area contributed by atoms with Crippen molar-refractivity contribution in [3.05, 3.63) is 42.4 Å². The SMILES string of the molecule is CC(C)(O)C#Cc1ccc(N2CCOCC2)c(Nc2ncnc3[nH]ccc23)c1. The molecule has 0 atom stereocenters. The summed E-state index contributed by atoms with van der Waals surface area (Å²) in [6, 6.07) is 7.96. The van der Waals surface area contributed by atoms with Crippen LogP contribution in [0.4, 0.5) is 17.2 Å². The van der Waals surface area contributed by atoms with Gasteiger partial charge in [-0.3, -0.25) is 0 Å². The molecule has 3 heterocycles. The first kappa shape index (κ1) is 18.3. The molecule has 0 amide bonds. The van der Waals surface area contributed by atoms with Gasteiger partial charge in [0.25, 0.3) is 0 Å². The van der Waals surface area contributed by atoms with E-state index in [9.17, 15) is 5.11 Å². The second-order valence-corrected chi connectivity index (χ2v) is 7.23. The first-order chi connectivity index (χ1) is 13.5. The van der Waals surface area contributed by atoms with Gasteiger partial charge in [0.15, 0.2) is 0 Å². The highest BCUT2D eigenvalue weighted by molar-refractivity contribution is 5.90. The molecule has 2 aromatic heterocycles. The van der Waals surface area contributed by atoms with Crippen molar-refractivity contribution in [2.24, 2.45) is 0 Å². The number of morpholine rings is 1. The molecule has 1 aliphatic heterocycles. The minimum Gasteiger partial charge on any atom is -0.378 e. The van der Waals surface area contributed by atoms with E-state index in [1.54, 1.807) is 13.8 Å². The van der Waals surface area contributed by atoms with Crippen LogP contribution in [0.5, 0.6) is 0 Å². The maximum absolute atomic E-state index is 9.90. The Balaban J connectivity index is 1.74. The number of benzene rings is 1. The summed E-state index contributed by atoms with van der Waals surface area (Å²) in [5.74, 6) is 6.65. The van der Waals surface area contributed by atoms with Crippen LogP contribution in [-0.4, -0.2) is 52.0 Å². The van der Waals surface area contributed by atoms with E-state index in [1.807, 2.05) is 24.4 Å². The number of nitrogens with zero attached hydrogens (tertiary/aromatic N) is 3. The summed E-state index contributed by atoms with van der Waals surface area (Å²) in [5.41, 5.74) is 2.54. The normalized spacial score (nSPS) is 14.6. The maximum Gasteiger partial charge on any atom is 0.143 e. The smallest absolute Gasteiger partial charge is 0.143 e. The zero-order valence-electron chi connectivity index (χ0n) is 16.0. The Labute approximate surface area is 163 Å². The van der Waals surface area contributed by atoms with E-state index in [1.165, 1.54) is 6.33 Å². The lowest BCUT2D eigenvalue weighted by molar-refractivity contribution is 0.123. The van der Waals surface area contributed by atoms with Crippen molar-refractivity contribution in [1.82, 2.24) is 15.0 Å². The van der Waals surface area contributed by atoms with Gasteiger partial charge >= 0.3 is 0 Å². The minimum absolute atomic E-state index is 0.704. The van der Waals surface area contributed by atoms with E-state index in [-0.39, 0.29) is 0 Å². The van der Waals surface area contributed by atoms with Gasteiger partial charge in [-0.1, -0.05) is 11.8 Å². The van der Waals surface area contributed by atoms with E-state index < -0.39 is 5.60 Å². The third-order valence-corrected chi connectivity index (χ3v) is 4.47. The summed E-state index contributed by atoms with van der Waals surface area (Å²) >= 11 is 0. The third-order valence-electron chi connectivity index (χ3n) is 4.47. The van der Waals surface area contributed by atoms with E-state index in [4.69, 9.17) is 4.74 Å². The number of aliphatic hydroxyl groups is 1. The summed E-state index contributed by atoms with van der Waals surface area (Å²) < 4.78 is 5.49. The van der Waals surface area contributed by atoms with Crippen molar-refractivity contribution in [1.29, 1.82) is 0 Å². The number of aromatic amines is 1. The van der Waals surface area contributed by atoms with Gasteiger partial charge in [-0.2, -0.15) is 0 Å². The van der Waals surface area contributed by atoms with Gasteiger partial charge in [0.2, 0.25) is 0 Å². The predicted molar refractivity (Wildman–Crippen MR) is 110 cm³/mol. The fourth-order valence-corrected chi connectivity index (χ4v) is 3.12. The molecule has 0 radical (unpaired) electrons. The fraction of sp³-hybridized carbons (Fsp3) is 0.333. The Hall–Kier alpha value is -3.08. The number of ether oxygens (including phenoxy) is 1. The lowest BCUT2D eigenvalue weighted by Crippen LogP contribution is -2.36. The predicted octanol–water partition coefficient (Wildman–Crippen LogP) is 2.66. The summed E-state index contributed by atoms with van der Waals surface area (Å²) in [7, 11) is 0. The van der Waals surface area contributed by atoms with Crippen molar-refractivity contribution in [2.45, 2.75) is 19.4 Å². The molecule has 144 valence electrons. The van der Waals surface area contributed by atoms with Gasteiger partial charge in [-0.15, -0.1) is 0 Å². The molecule has 7 nitrogen and oxygen atoms in total. The van der Waals surface area contributed by atoms with Crippen molar-refractivity contribution in [2.75, 3.05) is 36.5 Å². The second kappa shape index (κ2) is 7.50. The molecule has 0 bridgehead atoms. The number of H-pyrrole nitrogens is 1. The summed E-state index contributed by atoms with van der Waals surface area (Å²) in [6.07, 6.45) is 3.38. The molecule has 3 N–H and O–H groups in total. The highest BCUT2D eigenvalue weighted by Crippen LogP contribution is 2.32. The van der Waals surface area contributed by atoms with Gasteiger partial charge < -0.3 is 25.0 Å². The molecule has 1 aliphatic rings. The Morgan fingerprint density at radius 3 is 2.82 bits per heavy atom. The molecular formula is C21H23N5O2. The zero-order chi connectivity index (χ0) is 19.6. The number of anilines is 3. The van der Waals surface area contributed by atoms with Gasteiger partial charge in [0.1, 0.15) is 23.4 Å². The summed E-state index contributed by atoms with van der Waals surface area (Å²) in [6.45, 7) is 6.40. The van der Waals surface area contributed by atoms with Gasteiger partial charge in [0, 0.05) is 24.8 Å². The molecule has 28 heavy (non-hydrogen) atoms. The van der Waals surface area contributed by atoms with E-state index >= 15 is 0 Å². The van der Waals surface area contributed by atoms with Crippen molar-refractivity contribution >= 4 is 28.2 Å². The average Bonchev–Trinajstić information content (AvgIpc) is 3.17. The highest BCUT2D eigenvalue weighted by Gasteiger charge is 2.17. The van der Waals surface area contributed by atoms with Crippen LogP contribution >= 0.6 is 0 Å². The molecule has 3 aromatic rings. The maximum atomic E-state index is 9.90. The van der Waals surface area contributed by atoms with Gasteiger partial charge in [-0.05, 0) is 38.1 Å². The van der Waals surface area contributed by atoms with Crippen LogP contribution in [0.15, 0.2) is 36.8 Å². The van der Waals surface area contributed by atoms with Gasteiger partial charge in [0.05, 0.1) is 30.0 Å². The van der Waals surface area contributed by atoms with Crippen LogP contribution in [-0.2, 0) is 4.74 Å². The fourth-order valence-electron chi connectivity index (χ4n) is 3.12. The number of fused-ring (bicyclic) bond motifs is 1. The molecule has 0 unspecified atom stereocenters. The largest absolute Gasteiger partial charge is 0.378 e. The molecule has 0 aliphatic carbocycles. The number of aromatic nitrogens is 3. The summed E-state index contributed by atoms with van der Waals surface area (Å²) in [5, 5.41) is 14.3.